The highest BCUT2D eigenvalue weighted by molar-refractivity contribution is 5.97. The van der Waals surface area contributed by atoms with Crippen molar-refractivity contribution in [2.75, 3.05) is 0 Å². The van der Waals surface area contributed by atoms with Crippen molar-refractivity contribution in [2.45, 2.75) is 25.2 Å². The maximum Gasteiger partial charge on any atom is 0.213 e. The number of rotatable bonds is 4. The molecule has 1 saturated carbocycles. The Morgan fingerprint density at radius 1 is 1.15 bits per heavy atom. The molecule has 130 valence electrons. The Labute approximate surface area is 152 Å². The van der Waals surface area contributed by atoms with Gasteiger partial charge in [-0.1, -0.05) is 48.9 Å². The van der Waals surface area contributed by atoms with E-state index in [1.54, 1.807) is 0 Å². The third-order valence-corrected chi connectivity index (χ3v) is 4.92. The van der Waals surface area contributed by atoms with Gasteiger partial charge < -0.3 is 5.73 Å². The van der Waals surface area contributed by atoms with Gasteiger partial charge in [0, 0.05) is 10.9 Å². The molecule has 0 unspecified atom stereocenters. The van der Waals surface area contributed by atoms with Crippen LogP contribution in [0.15, 0.2) is 59.6 Å². The lowest BCUT2D eigenvalue weighted by atomic mass is 9.77. The van der Waals surface area contributed by atoms with Gasteiger partial charge in [-0.15, -0.1) is 0 Å². The van der Waals surface area contributed by atoms with Crippen LogP contribution >= 0.6 is 0 Å². The average Bonchev–Trinajstić information content (AvgIpc) is 2.61. The standard InChI is InChI=1S/C21H20N4O/c22-21(23-13-26)25-20-12-19(24-18-11-4-3-10-17(18)20)16-9-2-1-8-15(16)14-6-5-7-14/h1-4,8-14H,5-7H2,(H3,22,23,24,25,26). The summed E-state index contributed by atoms with van der Waals surface area (Å²) in [6.07, 6.45) is 4.26. The fourth-order valence-electron chi connectivity index (χ4n) is 3.42. The second-order valence-electron chi connectivity index (χ2n) is 6.52. The molecular formula is C21H20N4O. The Hall–Kier alpha value is -3.21. The SMILES string of the molecule is NC(=Nc1cc(-c2ccccc2C2CCC2)nc2ccccc12)NC=O. The number of pyridine rings is 1. The molecule has 1 heterocycles. The van der Waals surface area contributed by atoms with E-state index < -0.39 is 0 Å². The van der Waals surface area contributed by atoms with Gasteiger partial charge in [0.05, 0.1) is 16.9 Å². The zero-order valence-corrected chi connectivity index (χ0v) is 14.4. The molecule has 3 N–H and O–H groups in total. The molecule has 0 spiro atoms. The average molecular weight is 344 g/mol. The van der Waals surface area contributed by atoms with Crippen molar-refractivity contribution in [2.24, 2.45) is 10.7 Å². The number of aromatic nitrogens is 1. The smallest absolute Gasteiger partial charge is 0.213 e. The van der Waals surface area contributed by atoms with E-state index in [0.29, 0.717) is 18.0 Å². The second-order valence-corrected chi connectivity index (χ2v) is 6.52. The lowest BCUT2D eigenvalue weighted by Crippen LogP contribution is -2.29. The van der Waals surface area contributed by atoms with Gasteiger partial charge in [-0.25, -0.2) is 9.98 Å². The van der Waals surface area contributed by atoms with Gasteiger partial charge in [0.25, 0.3) is 0 Å². The van der Waals surface area contributed by atoms with Crippen molar-refractivity contribution in [3.05, 3.63) is 60.2 Å². The van der Waals surface area contributed by atoms with Crippen molar-refractivity contribution >= 4 is 29.0 Å². The molecule has 0 atom stereocenters. The van der Waals surface area contributed by atoms with Crippen LogP contribution in [0.4, 0.5) is 5.69 Å². The molecule has 0 saturated heterocycles. The molecule has 1 aromatic heterocycles. The van der Waals surface area contributed by atoms with Crippen LogP contribution in [0.1, 0.15) is 30.7 Å². The minimum absolute atomic E-state index is 0.0644. The number of aliphatic imine (C=N–C) groups is 1. The lowest BCUT2D eigenvalue weighted by Gasteiger charge is -2.27. The largest absolute Gasteiger partial charge is 0.369 e. The van der Waals surface area contributed by atoms with E-state index in [1.807, 2.05) is 36.4 Å². The summed E-state index contributed by atoms with van der Waals surface area (Å²) in [5.74, 6) is 0.669. The number of nitrogens with one attached hydrogen (secondary N) is 1. The summed E-state index contributed by atoms with van der Waals surface area (Å²) in [5.41, 5.74) is 10.7. The molecule has 0 radical (unpaired) electrons. The third kappa shape index (κ3) is 3.04. The third-order valence-electron chi connectivity index (χ3n) is 4.92. The summed E-state index contributed by atoms with van der Waals surface area (Å²) in [6.45, 7) is 0. The van der Waals surface area contributed by atoms with Crippen LogP contribution in [-0.4, -0.2) is 17.4 Å². The van der Waals surface area contributed by atoms with Crippen LogP contribution in [0.25, 0.3) is 22.2 Å². The summed E-state index contributed by atoms with van der Waals surface area (Å²) < 4.78 is 0. The first-order valence-corrected chi connectivity index (χ1v) is 8.79. The molecule has 0 aliphatic heterocycles. The van der Waals surface area contributed by atoms with E-state index >= 15 is 0 Å². The highest BCUT2D eigenvalue weighted by atomic mass is 16.1. The Morgan fingerprint density at radius 2 is 1.92 bits per heavy atom. The minimum atomic E-state index is 0.0644. The van der Waals surface area contributed by atoms with Gasteiger partial charge in [-0.05, 0) is 36.5 Å². The maximum atomic E-state index is 10.6. The van der Waals surface area contributed by atoms with E-state index in [9.17, 15) is 4.79 Å². The fourth-order valence-corrected chi connectivity index (χ4v) is 3.42. The lowest BCUT2D eigenvalue weighted by molar-refractivity contribution is -0.108. The van der Waals surface area contributed by atoms with Crippen molar-refractivity contribution < 1.29 is 4.79 Å². The topological polar surface area (TPSA) is 80.4 Å². The first kappa shape index (κ1) is 16.3. The van der Waals surface area contributed by atoms with Gasteiger partial charge in [0.15, 0.2) is 5.96 Å². The van der Waals surface area contributed by atoms with Crippen LogP contribution in [0.3, 0.4) is 0 Å². The highest BCUT2D eigenvalue weighted by Crippen LogP contribution is 2.41. The molecule has 2 aromatic carbocycles. The van der Waals surface area contributed by atoms with E-state index in [0.717, 1.165) is 22.2 Å². The van der Waals surface area contributed by atoms with Gasteiger partial charge in [-0.3, -0.25) is 10.1 Å². The monoisotopic (exact) mass is 344 g/mol. The zero-order chi connectivity index (χ0) is 17.9. The molecule has 5 nitrogen and oxygen atoms in total. The molecule has 1 fully saturated rings. The Balaban J connectivity index is 1.89. The summed E-state index contributed by atoms with van der Waals surface area (Å²) in [7, 11) is 0. The van der Waals surface area contributed by atoms with E-state index in [1.165, 1.54) is 24.8 Å². The van der Waals surface area contributed by atoms with Crippen LogP contribution in [0.5, 0.6) is 0 Å². The molecule has 3 aromatic rings. The number of hydrogen-bond acceptors (Lipinski definition) is 3. The van der Waals surface area contributed by atoms with E-state index in [2.05, 4.69) is 28.5 Å². The van der Waals surface area contributed by atoms with Gasteiger partial charge >= 0.3 is 0 Å². The van der Waals surface area contributed by atoms with Crippen LogP contribution in [-0.2, 0) is 4.79 Å². The maximum absolute atomic E-state index is 10.6. The van der Waals surface area contributed by atoms with Crippen molar-refractivity contribution in [3.8, 4) is 11.3 Å². The molecule has 1 amide bonds. The molecule has 0 bridgehead atoms. The quantitative estimate of drug-likeness (QED) is 0.428. The number of amides is 1. The van der Waals surface area contributed by atoms with Crippen LogP contribution in [0, 0.1) is 0 Å². The number of nitrogens with zero attached hydrogens (tertiary/aromatic N) is 2. The summed E-state index contributed by atoms with van der Waals surface area (Å²) in [6, 6.07) is 18.2. The Morgan fingerprint density at radius 3 is 2.69 bits per heavy atom. The highest BCUT2D eigenvalue weighted by Gasteiger charge is 2.23. The molecule has 1 aliphatic rings. The van der Waals surface area contributed by atoms with Crippen molar-refractivity contribution in [3.63, 3.8) is 0 Å². The number of guanidine groups is 1. The fraction of sp³-hybridized carbons (Fsp3) is 0.190. The number of carbonyl (C=O) groups excluding carboxylic acids is 1. The number of hydrogen-bond donors (Lipinski definition) is 2. The Kier molecular flexibility index (Phi) is 4.35. The van der Waals surface area contributed by atoms with Gasteiger partial charge in [0.2, 0.25) is 6.41 Å². The molecular weight excluding hydrogens is 324 g/mol. The van der Waals surface area contributed by atoms with E-state index in [-0.39, 0.29) is 5.96 Å². The summed E-state index contributed by atoms with van der Waals surface area (Å²) >= 11 is 0. The first-order valence-electron chi connectivity index (χ1n) is 8.79. The Bertz CT molecular complexity index is 992. The molecule has 26 heavy (non-hydrogen) atoms. The number of nitrogens with two attached hydrogens (primary N) is 1. The zero-order valence-electron chi connectivity index (χ0n) is 14.4. The van der Waals surface area contributed by atoms with Gasteiger partial charge in [-0.2, -0.15) is 0 Å². The number of para-hydroxylation sites is 1. The summed E-state index contributed by atoms with van der Waals surface area (Å²) in [5, 5.41) is 3.29. The first-order chi connectivity index (χ1) is 12.8. The minimum Gasteiger partial charge on any atom is -0.369 e. The predicted molar refractivity (Wildman–Crippen MR) is 104 cm³/mol. The van der Waals surface area contributed by atoms with Crippen molar-refractivity contribution in [1.82, 2.24) is 10.3 Å². The second kappa shape index (κ2) is 6.96. The molecule has 5 heteroatoms. The van der Waals surface area contributed by atoms with Crippen molar-refractivity contribution in [1.29, 1.82) is 0 Å². The number of carbonyl (C=O) groups is 1. The van der Waals surface area contributed by atoms with Crippen LogP contribution < -0.4 is 11.1 Å². The number of fused-ring (bicyclic) bond motifs is 1. The van der Waals surface area contributed by atoms with Crippen LogP contribution in [0.2, 0.25) is 0 Å². The van der Waals surface area contributed by atoms with E-state index in [4.69, 9.17) is 10.7 Å². The predicted octanol–water partition coefficient (Wildman–Crippen LogP) is 3.86. The molecule has 4 rings (SSSR count). The summed E-state index contributed by atoms with van der Waals surface area (Å²) in [4.78, 5) is 19.9. The van der Waals surface area contributed by atoms with Gasteiger partial charge in [0.1, 0.15) is 0 Å². The molecule has 1 aliphatic carbocycles. The number of benzene rings is 2. The normalized spacial score (nSPS) is 14.8.